The van der Waals surface area contributed by atoms with Crippen molar-refractivity contribution < 1.29 is 24.1 Å². The monoisotopic (exact) mass is 328 g/mol. The van der Waals surface area contributed by atoms with E-state index < -0.39 is 0 Å². The zero-order valence-corrected chi connectivity index (χ0v) is 13.2. The van der Waals surface area contributed by atoms with E-state index in [1.807, 2.05) is 0 Å². The summed E-state index contributed by atoms with van der Waals surface area (Å²) in [5.74, 6) is 0.706. The van der Waals surface area contributed by atoms with E-state index in [0.717, 1.165) is 0 Å². The van der Waals surface area contributed by atoms with Crippen molar-refractivity contribution in [3.63, 3.8) is 0 Å². The van der Waals surface area contributed by atoms with Crippen molar-refractivity contribution in [2.75, 3.05) is 14.2 Å². The van der Waals surface area contributed by atoms with Crippen molar-refractivity contribution in [3.05, 3.63) is 52.4 Å². The van der Waals surface area contributed by atoms with Gasteiger partial charge in [0.1, 0.15) is 34.5 Å². The molecule has 6 heteroatoms. The number of phenolic OH excluding ortho intramolecular Hbond substituents is 1. The third-order valence-corrected chi connectivity index (χ3v) is 3.84. The first-order chi connectivity index (χ1) is 11.6. The molecule has 0 aliphatic rings. The van der Waals surface area contributed by atoms with Crippen LogP contribution in [-0.2, 0) is 6.61 Å². The molecule has 24 heavy (non-hydrogen) atoms. The fourth-order valence-electron chi connectivity index (χ4n) is 2.67. The summed E-state index contributed by atoms with van der Waals surface area (Å²) in [5, 5.41) is 19.2. The number of phenols is 1. The zero-order chi connectivity index (χ0) is 17.3. The smallest absolute Gasteiger partial charge is 0.204 e. The third-order valence-electron chi connectivity index (χ3n) is 3.84. The van der Waals surface area contributed by atoms with Gasteiger partial charge in [-0.15, -0.1) is 0 Å². The Morgan fingerprint density at radius 3 is 2.42 bits per heavy atom. The minimum atomic E-state index is -0.342. The van der Waals surface area contributed by atoms with Crippen LogP contribution in [-0.4, -0.2) is 24.4 Å². The molecule has 0 aliphatic carbocycles. The van der Waals surface area contributed by atoms with E-state index in [1.165, 1.54) is 32.6 Å². The number of methoxy groups -OCH3 is 2. The number of benzene rings is 2. The van der Waals surface area contributed by atoms with Gasteiger partial charge in [-0.05, 0) is 17.7 Å². The Hall–Kier alpha value is -2.99. The molecule has 2 N–H and O–H groups in total. The van der Waals surface area contributed by atoms with Crippen LogP contribution in [0, 0.1) is 0 Å². The Morgan fingerprint density at radius 2 is 1.83 bits per heavy atom. The summed E-state index contributed by atoms with van der Waals surface area (Å²) in [6.45, 7) is -0.342. The number of hydrogen-bond donors (Lipinski definition) is 2. The number of hydrogen-bond acceptors (Lipinski definition) is 6. The molecule has 0 bridgehead atoms. The second-order valence-electron chi connectivity index (χ2n) is 5.15. The predicted octanol–water partition coefficient (Wildman–Crippen LogP) is 2.68. The lowest BCUT2D eigenvalue weighted by Gasteiger charge is -2.14. The molecule has 0 saturated carbocycles. The molecule has 0 radical (unpaired) electrons. The fourth-order valence-corrected chi connectivity index (χ4v) is 2.67. The largest absolute Gasteiger partial charge is 0.508 e. The van der Waals surface area contributed by atoms with E-state index in [1.54, 1.807) is 18.2 Å². The highest BCUT2D eigenvalue weighted by Gasteiger charge is 2.20. The fraction of sp³-hybridized carbons (Fsp3) is 0.167. The topological polar surface area (TPSA) is 89.1 Å². The lowest BCUT2D eigenvalue weighted by Crippen LogP contribution is -2.09. The number of aliphatic hydroxyl groups excluding tert-OH is 1. The van der Waals surface area contributed by atoms with Gasteiger partial charge in [0.25, 0.3) is 0 Å². The molecular weight excluding hydrogens is 312 g/mol. The second-order valence-corrected chi connectivity index (χ2v) is 5.15. The van der Waals surface area contributed by atoms with Crippen molar-refractivity contribution in [2.24, 2.45) is 0 Å². The van der Waals surface area contributed by atoms with Crippen LogP contribution in [0.15, 0.2) is 45.8 Å². The van der Waals surface area contributed by atoms with Crippen molar-refractivity contribution >= 4 is 11.0 Å². The highest BCUT2D eigenvalue weighted by molar-refractivity contribution is 5.90. The van der Waals surface area contributed by atoms with Gasteiger partial charge in [-0.1, -0.05) is 12.1 Å². The van der Waals surface area contributed by atoms with Gasteiger partial charge in [0, 0.05) is 6.07 Å². The van der Waals surface area contributed by atoms with Gasteiger partial charge >= 0.3 is 0 Å². The average molecular weight is 328 g/mol. The molecule has 1 aromatic heterocycles. The van der Waals surface area contributed by atoms with Crippen LogP contribution >= 0.6 is 0 Å². The Kier molecular flexibility index (Phi) is 4.14. The Balaban J connectivity index is 2.36. The third kappa shape index (κ3) is 2.47. The lowest BCUT2D eigenvalue weighted by atomic mass is 10.0. The molecule has 3 rings (SSSR count). The van der Waals surface area contributed by atoms with Crippen LogP contribution in [0.5, 0.6) is 17.2 Å². The van der Waals surface area contributed by atoms with E-state index >= 15 is 0 Å². The Bertz CT molecular complexity index is 940. The van der Waals surface area contributed by atoms with Crippen LogP contribution in [0.4, 0.5) is 0 Å². The second kappa shape index (κ2) is 6.25. The molecule has 2 aromatic carbocycles. The van der Waals surface area contributed by atoms with Crippen LogP contribution in [0.3, 0.4) is 0 Å². The van der Waals surface area contributed by atoms with E-state index in [4.69, 9.17) is 13.9 Å². The maximum Gasteiger partial charge on any atom is 0.204 e. The summed E-state index contributed by atoms with van der Waals surface area (Å²) in [7, 11) is 2.88. The predicted molar refractivity (Wildman–Crippen MR) is 88.6 cm³/mol. The van der Waals surface area contributed by atoms with Gasteiger partial charge in [0.15, 0.2) is 0 Å². The maximum absolute atomic E-state index is 12.9. The summed E-state index contributed by atoms with van der Waals surface area (Å²) in [5.41, 5.74) is 1.31. The highest BCUT2D eigenvalue weighted by atomic mass is 16.5. The summed E-state index contributed by atoms with van der Waals surface area (Å²) < 4.78 is 16.2. The van der Waals surface area contributed by atoms with Crippen LogP contribution < -0.4 is 14.9 Å². The van der Waals surface area contributed by atoms with E-state index in [0.29, 0.717) is 28.0 Å². The molecular formula is C18H16O6. The standard InChI is InChI=1S/C18H16O6/c1-22-14-7-15-16(18(23-2)12(14)8-19)17(21)13(9-24-15)10-3-5-11(20)6-4-10/h3-7,9,19-20H,8H2,1-2H3. The summed E-state index contributed by atoms with van der Waals surface area (Å²) in [6.07, 6.45) is 1.36. The first-order valence-electron chi connectivity index (χ1n) is 7.20. The van der Waals surface area contributed by atoms with E-state index in [9.17, 15) is 15.0 Å². The minimum Gasteiger partial charge on any atom is -0.508 e. The molecule has 0 atom stereocenters. The molecule has 0 fully saturated rings. The number of rotatable bonds is 4. The highest BCUT2D eigenvalue weighted by Crippen LogP contribution is 2.36. The molecule has 124 valence electrons. The number of aromatic hydroxyl groups is 1. The first kappa shape index (κ1) is 15.9. The molecule has 1 heterocycles. The van der Waals surface area contributed by atoms with Gasteiger partial charge in [-0.25, -0.2) is 0 Å². The molecule has 0 aliphatic heterocycles. The van der Waals surface area contributed by atoms with Crippen molar-refractivity contribution in [2.45, 2.75) is 6.61 Å². The Labute approximate surface area is 137 Å². The van der Waals surface area contributed by atoms with Gasteiger partial charge in [0.05, 0.1) is 32.0 Å². The SMILES string of the molecule is COc1cc2occ(-c3ccc(O)cc3)c(=O)c2c(OC)c1CO. The number of ether oxygens (including phenoxy) is 2. The average Bonchev–Trinajstić information content (AvgIpc) is 2.61. The summed E-state index contributed by atoms with van der Waals surface area (Å²) >= 11 is 0. The molecule has 6 nitrogen and oxygen atoms in total. The Morgan fingerprint density at radius 1 is 1.12 bits per heavy atom. The van der Waals surface area contributed by atoms with Gasteiger partial charge in [0.2, 0.25) is 5.43 Å². The number of fused-ring (bicyclic) bond motifs is 1. The molecule has 0 saturated heterocycles. The van der Waals surface area contributed by atoms with Crippen molar-refractivity contribution in [3.8, 4) is 28.4 Å². The molecule has 0 spiro atoms. The van der Waals surface area contributed by atoms with Crippen molar-refractivity contribution in [1.29, 1.82) is 0 Å². The molecule has 3 aromatic rings. The van der Waals surface area contributed by atoms with Crippen LogP contribution in [0.1, 0.15) is 5.56 Å². The van der Waals surface area contributed by atoms with Crippen LogP contribution in [0.2, 0.25) is 0 Å². The van der Waals surface area contributed by atoms with Crippen LogP contribution in [0.25, 0.3) is 22.1 Å². The minimum absolute atomic E-state index is 0.105. The van der Waals surface area contributed by atoms with E-state index in [2.05, 4.69) is 0 Å². The number of aliphatic hydroxyl groups is 1. The van der Waals surface area contributed by atoms with E-state index in [-0.39, 0.29) is 28.9 Å². The first-order valence-corrected chi connectivity index (χ1v) is 7.20. The zero-order valence-electron chi connectivity index (χ0n) is 13.2. The lowest BCUT2D eigenvalue weighted by molar-refractivity contribution is 0.265. The van der Waals surface area contributed by atoms with Crippen molar-refractivity contribution in [1.82, 2.24) is 0 Å². The molecule has 0 unspecified atom stereocenters. The van der Waals surface area contributed by atoms with Gasteiger partial charge < -0.3 is 24.1 Å². The molecule has 0 amide bonds. The summed E-state index contributed by atoms with van der Waals surface area (Å²) in [4.78, 5) is 12.9. The maximum atomic E-state index is 12.9. The quantitative estimate of drug-likeness (QED) is 0.765. The van der Waals surface area contributed by atoms with Gasteiger partial charge in [-0.3, -0.25) is 4.79 Å². The van der Waals surface area contributed by atoms with Gasteiger partial charge in [-0.2, -0.15) is 0 Å². The normalized spacial score (nSPS) is 10.8. The summed E-state index contributed by atoms with van der Waals surface area (Å²) in [6, 6.07) is 7.77.